The third-order valence-corrected chi connectivity index (χ3v) is 9.00. The monoisotopic (exact) mass is 519 g/mol. The number of rotatable bonds is 8. The topological polar surface area (TPSA) is 45.7 Å². The molecule has 0 bridgehead atoms. The number of alkyl halides is 3. The SMILES string of the molecule is O=C(CC1CN(C2CCOC2)C[C@@H]1SCc1cccnc1)CN1CCc2ccc(C(F)(F)F)cc2C1. The van der Waals surface area contributed by atoms with Crippen LogP contribution in [0.1, 0.15) is 35.1 Å². The summed E-state index contributed by atoms with van der Waals surface area (Å²) < 4.78 is 45.1. The second-order valence-electron chi connectivity index (χ2n) is 10.1. The van der Waals surface area contributed by atoms with Crippen molar-refractivity contribution in [2.24, 2.45) is 5.92 Å². The van der Waals surface area contributed by atoms with Gasteiger partial charge in [0.15, 0.2) is 0 Å². The van der Waals surface area contributed by atoms with Crippen molar-refractivity contribution in [1.29, 1.82) is 0 Å². The highest BCUT2D eigenvalue weighted by atomic mass is 32.2. The van der Waals surface area contributed by atoms with Gasteiger partial charge in [0.1, 0.15) is 5.78 Å². The molecule has 3 aliphatic rings. The Morgan fingerprint density at radius 3 is 2.83 bits per heavy atom. The van der Waals surface area contributed by atoms with Gasteiger partial charge in [-0.05, 0) is 53.6 Å². The summed E-state index contributed by atoms with van der Waals surface area (Å²) in [5, 5.41) is 0.353. The fourth-order valence-corrected chi connectivity index (χ4v) is 6.92. The number of hydrogen-bond acceptors (Lipinski definition) is 6. The molecule has 0 aliphatic carbocycles. The van der Waals surface area contributed by atoms with Crippen LogP contribution in [-0.2, 0) is 34.4 Å². The normalized spacial score (nSPS) is 25.2. The third-order valence-electron chi connectivity index (χ3n) is 7.53. The number of nitrogens with zero attached hydrogens (tertiary/aromatic N) is 3. The van der Waals surface area contributed by atoms with Gasteiger partial charge in [-0.15, -0.1) is 0 Å². The summed E-state index contributed by atoms with van der Waals surface area (Å²) in [6, 6.07) is 8.44. The summed E-state index contributed by atoms with van der Waals surface area (Å²) in [6.45, 7) is 4.77. The van der Waals surface area contributed by atoms with E-state index in [9.17, 15) is 18.0 Å². The first kappa shape index (κ1) is 25.7. The zero-order valence-corrected chi connectivity index (χ0v) is 21.1. The molecule has 4 heterocycles. The van der Waals surface area contributed by atoms with Crippen LogP contribution >= 0.6 is 11.8 Å². The lowest BCUT2D eigenvalue weighted by Gasteiger charge is -2.29. The van der Waals surface area contributed by atoms with Crippen LogP contribution in [0.5, 0.6) is 0 Å². The lowest BCUT2D eigenvalue weighted by atomic mass is 9.96. The number of halogens is 3. The molecular weight excluding hydrogens is 487 g/mol. The second kappa shape index (κ2) is 11.2. The minimum Gasteiger partial charge on any atom is -0.380 e. The number of fused-ring (bicyclic) bond motifs is 1. The predicted octanol–water partition coefficient (Wildman–Crippen LogP) is 4.44. The quantitative estimate of drug-likeness (QED) is 0.514. The zero-order chi connectivity index (χ0) is 25.1. The molecule has 3 aliphatic heterocycles. The molecule has 2 saturated heterocycles. The Balaban J connectivity index is 1.20. The van der Waals surface area contributed by atoms with E-state index in [-0.39, 0.29) is 11.7 Å². The first-order chi connectivity index (χ1) is 17.3. The van der Waals surface area contributed by atoms with Crippen LogP contribution in [0, 0.1) is 5.92 Å². The van der Waals surface area contributed by atoms with E-state index in [1.807, 2.05) is 28.9 Å². The number of thioether (sulfide) groups is 1. The van der Waals surface area contributed by atoms with Gasteiger partial charge in [0.2, 0.25) is 0 Å². The van der Waals surface area contributed by atoms with Crippen LogP contribution in [0.15, 0.2) is 42.7 Å². The van der Waals surface area contributed by atoms with E-state index >= 15 is 0 Å². The van der Waals surface area contributed by atoms with E-state index in [4.69, 9.17) is 4.74 Å². The Morgan fingerprint density at radius 2 is 2.08 bits per heavy atom. The van der Waals surface area contributed by atoms with Gasteiger partial charge < -0.3 is 4.74 Å². The highest BCUT2D eigenvalue weighted by molar-refractivity contribution is 7.99. The minimum absolute atomic E-state index is 0.173. The van der Waals surface area contributed by atoms with E-state index in [0.29, 0.717) is 49.3 Å². The molecular formula is C27H32F3N3O2S. The summed E-state index contributed by atoms with van der Waals surface area (Å²) in [7, 11) is 0. The average Bonchev–Trinajstić information content (AvgIpc) is 3.53. The summed E-state index contributed by atoms with van der Waals surface area (Å²) in [6.07, 6.45) is 1.52. The number of hydrogen-bond donors (Lipinski definition) is 0. The second-order valence-corrected chi connectivity index (χ2v) is 11.4. The molecule has 2 unspecified atom stereocenters. The van der Waals surface area contributed by atoms with Gasteiger partial charge >= 0.3 is 6.18 Å². The highest BCUT2D eigenvalue weighted by Gasteiger charge is 2.38. The molecule has 1 aromatic carbocycles. The Hall–Kier alpha value is -1.94. The number of carbonyl (C=O) groups is 1. The van der Waals surface area contributed by atoms with Crippen LogP contribution < -0.4 is 0 Å². The Kier molecular flexibility index (Phi) is 8.00. The highest BCUT2D eigenvalue weighted by Crippen LogP contribution is 2.35. The Morgan fingerprint density at radius 1 is 1.19 bits per heavy atom. The number of aromatic nitrogens is 1. The molecule has 2 fully saturated rings. The summed E-state index contributed by atoms with van der Waals surface area (Å²) in [4.78, 5) is 21.9. The molecule has 0 radical (unpaired) electrons. The number of likely N-dealkylation sites (tertiary alicyclic amines) is 1. The minimum atomic E-state index is -4.35. The van der Waals surface area contributed by atoms with Gasteiger partial charge in [-0.25, -0.2) is 0 Å². The van der Waals surface area contributed by atoms with Crippen LogP contribution in [0.25, 0.3) is 0 Å². The summed E-state index contributed by atoms with van der Waals surface area (Å²) in [5.74, 6) is 1.29. The van der Waals surface area contributed by atoms with Crippen LogP contribution in [0.3, 0.4) is 0 Å². The molecule has 2 aromatic rings. The van der Waals surface area contributed by atoms with Crippen molar-refractivity contribution in [3.8, 4) is 0 Å². The predicted molar refractivity (Wildman–Crippen MR) is 134 cm³/mol. The van der Waals surface area contributed by atoms with E-state index in [0.717, 1.165) is 50.1 Å². The number of carbonyl (C=O) groups excluding carboxylic acids is 1. The fourth-order valence-electron chi connectivity index (χ4n) is 5.59. The molecule has 36 heavy (non-hydrogen) atoms. The van der Waals surface area contributed by atoms with Gasteiger partial charge in [0.25, 0.3) is 0 Å². The number of pyridine rings is 1. The van der Waals surface area contributed by atoms with Gasteiger partial charge in [-0.1, -0.05) is 12.1 Å². The van der Waals surface area contributed by atoms with Gasteiger partial charge in [0, 0.05) is 68.6 Å². The van der Waals surface area contributed by atoms with E-state index in [1.165, 1.54) is 11.6 Å². The van der Waals surface area contributed by atoms with Crippen molar-refractivity contribution in [3.63, 3.8) is 0 Å². The zero-order valence-electron chi connectivity index (χ0n) is 20.3. The maximum absolute atomic E-state index is 13.2. The molecule has 1 aromatic heterocycles. The fraction of sp³-hybridized carbons (Fsp3) is 0.556. The van der Waals surface area contributed by atoms with Crippen LogP contribution in [-0.4, -0.2) is 71.3 Å². The standard InChI is InChI=1S/C27H32F3N3O2S/c28-27(29,30)23-4-3-20-5-8-32(13-21(20)10-23)15-25(34)11-22-14-33(24-6-9-35-17-24)16-26(22)36-18-19-2-1-7-31-12-19/h1-4,7,10,12,22,24,26H,5-6,8-9,11,13-18H2/t22?,24?,26-/m0/s1. The molecule has 0 saturated carbocycles. The van der Waals surface area contributed by atoms with E-state index < -0.39 is 11.7 Å². The first-order valence-corrected chi connectivity index (χ1v) is 13.7. The maximum atomic E-state index is 13.2. The Labute approximate surface area is 214 Å². The van der Waals surface area contributed by atoms with Gasteiger partial charge in [-0.2, -0.15) is 24.9 Å². The summed E-state index contributed by atoms with van der Waals surface area (Å²) >= 11 is 1.90. The van der Waals surface area contributed by atoms with E-state index in [1.54, 1.807) is 12.3 Å². The molecule has 0 amide bonds. The van der Waals surface area contributed by atoms with Crippen molar-refractivity contribution in [2.75, 3.05) is 39.4 Å². The molecule has 3 atom stereocenters. The van der Waals surface area contributed by atoms with Crippen LogP contribution in [0.4, 0.5) is 13.2 Å². The third kappa shape index (κ3) is 6.30. The number of Topliss-reactive ketones (excluding diaryl/α,β-unsaturated/α-hetero) is 1. The van der Waals surface area contributed by atoms with E-state index in [2.05, 4.69) is 16.0 Å². The maximum Gasteiger partial charge on any atom is 0.416 e. The molecule has 0 N–H and O–H groups in total. The van der Waals surface area contributed by atoms with Crippen molar-refractivity contribution in [2.45, 2.75) is 49.0 Å². The largest absolute Gasteiger partial charge is 0.416 e. The molecule has 9 heteroatoms. The lowest BCUT2D eigenvalue weighted by molar-refractivity contribution is -0.137. The Bertz CT molecular complexity index is 1050. The average molecular weight is 520 g/mol. The molecule has 194 valence electrons. The number of benzene rings is 1. The smallest absolute Gasteiger partial charge is 0.380 e. The molecule has 5 nitrogen and oxygen atoms in total. The first-order valence-electron chi connectivity index (χ1n) is 12.6. The van der Waals surface area contributed by atoms with Crippen LogP contribution in [0.2, 0.25) is 0 Å². The number of ketones is 1. The summed E-state index contributed by atoms with van der Waals surface area (Å²) in [5.41, 5.74) is 2.19. The van der Waals surface area contributed by atoms with Crippen molar-refractivity contribution >= 4 is 17.5 Å². The molecule has 0 spiro atoms. The lowest BCUT2D eigenvalue weighted by Crippen LogP contribution is -2.36. The number of ether oxygens (including phenoxy) is 1. The molecule has 5 rings (SSSR count). The van der Waals surface area contributed by atoms with Crippen molar-refractivity contribution in [3.05, 3.63) is 65.0 Å². The van der Waals surface area contributed by atoms with Gasteiger partial charge in [0.05, 0.1) is 18.7 Å². The van der Waals surface area contributed by atoms with Gasteiger partial charge in [-0.3, -0.25) is 19.6 Å². The van der Waals surface area contributed by atoms with Crippen molar-refractivity contribution in [1.82, 2.24) is 14.8 Å². The van der Waals surface area contributed by atoms with Crippen molar-refractivity contribution < 1.29 is 22.7 Å².